The number of carbonyl (C=O) groups excluding carboxylic acids is 1. The molecule has 10 heteroatoms. The van der Waals surface area contributed by atoms with Gasteiger partial charge in [-0.3, -0.25) is 14.2 Å². The van der Waals surface area contributed by atoms with Crippen LogP contribution in [0.15, 0.2) is 82.5 Å². The molecule has 0 fully saturated rings. The zero-order valence-corrected chi connectivity index (χ0v) is 20.8. The van der Waals surface area contributed by atoms with E-state index in [0.29, 0.717) is 22.2 Å². The largest absolute Gasteiger partial charge is 0.304 e. The molecule has 1 amide bonds. The number of aryl methyl sites for hydroxylation is 1. The van der Waals surface area contributed by atoms with E-state index in [2.05, 4.69) is 10.4 Å². The lowest BCUT2D eigenvalue weighted by Crippen LogP contribution is -2.23. The summed E-state index contributed by atoms with van der Waals surface area (Å²) in [5, 5.41) is 7.65. The normalized spacial score (nSPS) is 11.1. The predicted octanol–water partition coefficient (Wildman–Crippen LogP) is 5.55. The Hall–Kier alpha value is -3.95. The number of carbonyl (C=O) groups is 1. The summed E-state index contributed by atoms with van der Waals surface area (Å²) >= 11 is 7.64. The second kappa shape index (κ2) is 9.60. The van der Waals surface area contributed by atoms with E-state index in [-0.39, 0.29) is 16.8 Å². The number of benzene rings is 3. The third-order valence-corrected chi connectivity index (χ3v) is 6.66. The molecule has 2 heterocycles. The Kier molecular flexibility index (Phi) is 6.34. The van der Waals surface area contributed by atoms with E-state index in [1.54, 1.807) is 31.3 Å². The molecule has 0 aliphatic heterocycles. The first-order valence-corrected chi connectivity index (χ1v) is 12.4. The van der Waals surface area contributed by atoms with Crippen molar-refractivity contribution in [3.05, 3.63) is 99.6 Å². The molecule has 0 unspecified atom stereocenters. The zero-order valence-electron chi connectivity index (χ0n) is 19.2. The Bertz CT molecular complexity index is 1680. The van der Waals surface area contributed by atoms with Crippen LogP contribution in [-0.2, 0) is 7.05 Å². The Labute approximate surface area is 214 Å². The minimum absolute atomic E-state index is 0.0340. The summed E-state index contributed by atoms with van der Waals surface area (Å²) < 4.78 is 16.6. The quantitative estimate of drug-likeness (QED) is 0.308. The van der Waals surface area contributed by atoms with Crippen LogP contribution < -0.4 is 10.9 Å². The van der Waals surface area contributed by atoms with E-state index in [0.717, 1.165) is 16.5 Å². The summed E-state index contributed by atoms with van der Waals surface area (Å²) in [6.07, 6.45) is 1.95. The Morgan fingerprint density at radius 3 is 2.53 bits per heavy atom. The maximum atomic E-state index is 14.0. The summed E-state index contributed by atoms with van der Waals surface area (Å²) in [6, 6.07) is 19.8. The first-order chi connectivity index (χ1) is 17.4. The molecule has 0 aliphatic rings. The Morgan fingerprint density at radius 2 is 1.81 bits per heavy atom. The molecule has 3 aromatic carbocycles. The van der Waals surface area contributed by atoms with Crippen LogP contribution in [0.3, 0.4) is 0 Å². The molecular formula is C26H19ClFN5O2S. The number of rotatable bonds is 5. The molecule has 5 aromatic rings. The van der Waals surface area contributed by atoms with Crippen molar-refractivity contribution in [2.45, 2.75) is 4.90 Å². The highest BCUT2D eigenvalue weighted by atomic mass is 35.5. The van der Waals surface area contributed by atoms with E-state index in [1.165, 1.54) is 39.2 Å². The third-order valence-electron chi connectivity index (χ3n) is 5.61. The highest BCUT2D eigenvalue weighted by Gasteiger charge is 2.23. The van der Waals surface area contributed by atoms with Crippen molar-refractivity contribution < 1.29 is 9.18 Å². The number of anilines is 1. The fourth-order valence-electron chi connectivity index (χ4n) is 3.94. The van der Waals surface area contributed by atoms with Crippen molar-refractivity contribution in [2.24, 2.45) is 7.05 Å². The van der Waals surface area contributed by atoms with Gasteiger partial charge in [0, 0.05) is 28.1 Å². The van der Waals surface area contributed by atoms with Gasteiger partial charge in [-0.25, -0.2) is 14.1 Å². The summed E-state index contributed by atoms with van der Waals surface area (Å²) in [5.41, 5.74) is 1.30. The average Bonchev–Trinajstić information content (AvgIpc) is 3.19. The van der Waals surface area contributed by atoms with Crippen LogP contribution in [0.5, 0.6) is 0 Å². The molecule has 36 heavy (non-hydrogen) atoms. The minimum atomic E-state index is -0.594. The molecule has 2 aromatic heterocycles. The third kappa shape index (κ3) is 4.27. The monoisotopic (exact) mass is 519 g/mol. The van der Waals surface area contributed by atoms with E-state index in [9.17, 15) is 14.0 Å². The van der Waals surface area contributed by atoms with Crippen molar-refractivity contribution in [2.75, 3.05) is 11.6 Å². The lowest BCUT2D eigenvalue weighted by molar-refractivity contribution is 0.102. The zero-order chi connectivity index (χ0) is 25.4. The molecule has 0 bridgehead atoms. The molecule has 0 saturated carbocycles. The fourth-order valence-corrected chi connectivity index (χ4v) is 4.66. The Morgan fingerprint density at radius 1 is 1.06 bits per heavy atom. The van der Waals surface area contributed by atoms with Gasteiger partial charge in [-0.2, -0.15) is 5.10 Å². The van der Waals surface area contributed by atoms with Crippen LogP contribution in [0.4, 0.5) is 10.2 Å². The molecule has 0 saturated heterocycles. The molecule has 0 spiro atoms. The van der Waals surface area contributed by atoms with Crippen LogP contribution in [0.1, 0.15) is 10.4 Å². The van der Waals surface area contributed by atoms with Gasteiger partial charge in [-0.15, -0.1) is 11.8 Å². The van der Waals surface area contributed by atoms with Gasteiger partial charge in [0.05, 0.1) is 5.69 Å². The first-order valence-electron chi connectivity index (χ1n) is 10.8. The molecule has 180 valence electrons. The predicted molar refractivity (Wildman–Crippen MR) is 141 cm³/mol. The van der Waals surface area contributed by atoms with Gasteiger partial charge in [0.2, 0.25) is 0 Å². The van der Waals surface area contributed by atoms with Crippen LogP contribution >= 0.6 is 23.4 Å². The number of nitrogens with one attached hydrogen (secondary N) is 1. The molecule has 0 atom stereocenters. The van der Waals surface area contributed by atoms with Gasteiger partial charge in [-0.05, 0) is 54.8 Å². The van der Waals surface area contributed by atoms with Gasteiger partial charge in [0.15, 0.2) is 17.3 Å². The highest BCUT2D eigenvalue weighted by molar-refractivity contribution is 7.98. The lowest BCUT2D eigenvalue weighted by Gasteiger charge is -2.15. The van der Waals surface area contributed by atoms with E-state index >= 15 is 0 Å². The van der Waals surface area contributed by atoms with Crippen molar-refractivity contribution in [1.82, 2.24) is 19.3 Å². The SMILES string of the molecule is CSc1ccccc1-c1nc2c(c(NC(=O)c3cccc(F)c3)nn2C)c(=O)n1-c1ccc(Cl)cc1. The summed E-state index contributed by atoms with van der Waals surface area (Å²) in [7, 11) is 1.64. The number of fused-ring (bicyclic) bond motifs is 1. The number of aromatic nitrogens is 4. The van der Waals surface area contributed by atoms with Crippen LogP contribution in [0.25, 0.3) is 28.1 Å². The lowest BCUT2D eigenvalue weighted by atomic mass is 10.2. The second-order valence-corrected chi connectivity index (χ2v) is 9.17. The number of hydrogen-bond donors (Lipinski definition) is 1. The van der Waals surface area contributed by atoms with Crippen molar-refractivity contribution in [3.63, 3.8) is 0 Å². The Balaban J connectivity index is 1.76. The van der Waals surface area contributed by atoms with Crippen molar-refractivity contribution in [3.8, 4) is 17.1 Å². The standard InChI is InChI=1S/C26H19ClFN5O2S/c1-32-24-21(22(31-32)29-25(34)15-6-5-7-17(28)14-15)26(35)33(18-12-10-16(27)11-13-18)23(30-24)19-8-3-4-9-20(19)36-2/h3-14H,1-2H3,(H,29,31,34). The number of halogens is 2. The average molecular weight is 520 g/mol. The van der Waals surface area contributed by atoms with Gasteiger partial charge in [-0.1, -0.05) is 35.9 Å². The van der Waals surface area contributed by atoms with Crippen LogP contribution in [0.2, 0.25) is 5.02 Å². The molecule has 7 nitrogen and oxygen atoms in total. The van der Waals surface area contributed by atoms with Crippen molar-refractivity contribution >= 4 is 46.1 Å². The smallest absolute Gasteiger partial charge is 0.271 e. The molecule has 1 N–H and O–H groups in total. The van der Waals surface area contributed by atoms with Crippen LogP contribution in [0, 0.1) is 5.82 Å². The fraction of sp³-hybridized carbons (Fsp3) is 0.0769. The van der Waals surface area contributed by atoms with Crippen molar-refractivity contribution in [1.29, 1.82) is 0 Å². The minimum Gasteiger partial charge on any atom is -0.304 e. The number of amides is 1. The van der Waals surface area contributed by atoms with Gasteiger partial charge < -0.3 is 5.32 Å². The van der Waals surface area contributed by atoms with Crippen LogP contribution in [-0.4, -0.2) is 31.5 Å². The van der Waals surface area contributed by atoms with E-state index in [4.69, 9.17) is 16.6 Å². The molecular weight excluding hydrogens is 501 g/mol. The number of nitrogens with zero attached hydrogens (tertiary/aromatic N) is 4. The summed E-state index contributed by atoms with van der Waals surface area (Å²) in [4.78, 5) is 32.6. The van der Waals surface area contributed by atoms with E-state index < -0.39 is 17.3 Å². The van der Waals surface area contributed by atoms with E-state index in [1.807, 2.05) is 30.5 Å². The highest BCUT2D eigenvalue weighted by Crippen LogP contribution is 2.31. The number of hydrogen-bond acceptors (Lipinski definition) is 5. The van der Waals surface area contributed by atoms with Gasteiger partial charge >= 0.3 is 0 Å². The second-order valence-electron chi connectivity index (χ2n) is 7.89. The molecule has 5 rings (SSSR count). The van der Waals surface area contributed by atoms with Gasteiger partial charge in [0.25, 0.3) is 11.5 Å². The van der Waals surface area contributed by atoms with Gasteiger partial charge in [0.1, 0.15) is 11.2 Å². The first kappa shape index (κ1) is 23.8. The molecule has 0 radical (unpaired) electrons. The maximum Gasteiger partial charge on any atom is 0.271 e. The molecule has 0 aliphatic carbocycles. The summed E-state index contributed by atoms with van der Waals surface area (Å²) in [6.45, 7) is 0. The topological polar surface area (TPSA) is 81.8 Å². The number of thioether (sulfide) groups is 1. The maximum absolute atomic E-state index is 14.0. The summed E-state index contributed by atoms with van der Waals surface area (Å²) in [5.74, 6) is -0.682.